The molecule has 2 aliphatic heterocycles. The van der Waals surface area contributed by atoms with Crippen LogP contribution in [0.15, 0.2) is 60.1 Å². The summed E-state index contributed by atoms with van der Waals surface area (Å²) in [5.74, 6) is 0.257. The Kier molecular flexibility index (Phi) is 6.02. The smallest absolute Gasteiger partial charge is 0.307 e. The molecule has 184 valence electrons. The average molecular weight is 501 g/mol. The number of piperidine rings is 1. The summed E-state index contributed by atoms with van der Waals surface area (Å²) in [4.78, 5) is 35.0. The highest BCUT2D eigenvalue weighted by Crippen LogP contribution is 2.37. The number of aromatic nitrogens is 3. The Morgan fingerprint density at radius 1 is 1.11 bits per heavy atom. The monoisotopic (exact) mass is 500 g/mol. The van der Waals surface area contributed by atoms with E-state index < -0.39 is 0 Å². The van der Waals surface area contributed by atoms with Crippen LogP contribution in [-0.4, -0.2) is 57.3 Å². The molecule has 0 aliphatic carbocycles. The zero-order chi connectivity index (χ0) is 24.6. The van der Waals surface area contributed by atoms with Crippen molar-refractivity contribution in [3.8, 4) is 0 Å². The molecule has 1 atom stereocenters. The first kappa shape index (κ1) is 22.9. The van der Waals surface area contributed by atoms with E-state index in [9.17, 15) is 9.59 Å². The molecule has 2 aliphatic rings. The van der Waals surface area contributed by atoms with Gasteiger partial charge < -0.3 is 10.2 Å². The van der Waals surface area contributed by atoms with E-state index in [1.807, 2.05) is 43.3 Å². The van der Waals surface area contributed by atoms with Gasteiger partial charge in [0.2, 0.25) is 0 Å². The van der Waals surface area contributed by atoms with Crippen LogP contribution in [0.25, 0.3) is 10.9 Å². The summed E-state index contributed by atoms with van der Waals surface area (Å²) in [6.45, 7) is 4.15. The molecule has 0 bridgehead atoms. The lowest BCUT2D eigenvalue weighted by atomic mass is 9.91. The predicted octanol–water partition coefficient (Wildman–Crippen LogP) is 4.56. The van der Waals surface area contributed by atoms with Crippen molar-refractivity contribution in [1.29, 1.82) is 0 Å². The van der Waals surface area contributed by atoms with Gasteiger partial charge in [0, 0.05) is 42.4 Å². The predicted molar refractivity (Wildman–Crippen MR) is 142 cm³/mol. The molecule has 1 unspecified atom stereocenters. The number of rotatable bonds is 6. The van der Waals surface area contributed by atoms with Gasteiger partial charge in [0.05, 0.1) is 29.3 Å². The lowest BCUT2D eigenvalue weighted by molar-refractivity contribution is -0.124. The van der Waals surface area contributed by atoms with Gasteiger partial charge >= 0.3 is 5.91 Å². The third-order valence-corrected chi connectivity index (χ3v) is 8.03. The van der Waals surface area contributed by atoms with Crippen LogP contribution in [0.2, 0.25) is 0 Å². The van der Waals surface area contributed by atoms with Crippen molar-refractivity contribution in [2.75, 3.05) is 30.0 Å². The zero-order valence-corrected chi connectivity index (χ0v) is 20.9. The summed E-state index contributed by atoms with van der Waals surface area (Å²) in [7, 11) is 0. The summed E-state index contributed by atoms with van der Waals surface area (Å²) >= 11 is 1.32. The van der Waals surface area contributed by atoms with E-state index in [2.05, 4.69) is 32.2 Å². The molecular weight excluding hydrogens is 472 g/mol. The summed E-state index contributed by atoms with van der Waals surface area (Å²) in [5.41, 5.74) is 3.93. The van der Waals surface area contributed by atoms with Crippen LogP contribution in [0.5, 0.6) is 0 Å². The van der Waals surface area contributed by atoms with Crippen LogP contribution >= 0.6 is 11.3 Å². The van der Waals surface area contributed by atoms with E-state index >= 15 is 0 Å². The Morgan fingerprint density at radius 3 is 2.67 bits per heavy atom. The molecule has 2 aromatic heterocycles. The van der Waals surface area contributed by atoms with Gasteiger partial charge in [-0.25, -0.2) is 4.98 Å². The van der Waals surface area contributed by atoms with E-state index in [0.717, 1.165) is 53.9 Å². The first-order valence-electron chi connectivity index (χ1n) is 12.4. The standard InChI is InChI=1S/C27H28N6O2S/c1-2-23(34)26(32-17-29-20-8-4-6-10-22(20)32)31-14-11-18(12-15-31)24-19-7-3-5-9-21(19)33(30-24)27(35)25-28-13-16-36-25/h3-10,13,16,18,26,29H,2,11-12,14-15,17H2,1H3. The van der Waals surface area contributed by atoms with Crippen molar-refractivity contribution < 1.29 is 9.59 Å². The minimum absolute atomic E-state index is 0.196. The lowest BCUT2D eigenvalue weighted by Crippen LogP contribution is -2.55. The minimum Gasteiger partial charge on any atom is -0.366 e. The number of hydrogen-bond acceptors (Lipinski definition) is 8. The molecule has 4 aromatic rings. The molecule has 8 nitrogen and oxygen atoms in total. The van der Waals surface area contributed by atoms with Crippen LogP contribution < -0.4 is 10.2 Å². The number of anilines is 2. The number of nitrogens with zero attached hydrogens (tertiary/aromatic N) is 5. The third kappa shape index (κ3) is 3.88. The Labute approximate surface area is 213 Å². The van der Waals surface area contributed by atoms with Crippen LogP contribution in [0.1, 0.15) is 47.6 Å². The fraction of sp³-hybridized carbons (Fsp3) is 0.333. The maximum atomic E-state index is 13.2. The van der Waals surface area contributed by atoms with Crippen LogP contribution in [-0.2, 0) is 4.79 Å². The SMILES string of the molecule is CCC(=O)C(N1CCC(c2nn(C(=O)c3nccs3)c3ccccc23)CC1)N1CNc2ccccc21. The van der Waals surface area contributed by atoms with Crippen molar-refractivity contribution in [1.82, 2.24) is 19.7 Å². The third-order valence-electron chi connectivity index (χ3n) is 7.27. The number of carbonyl (C=O) groups is 2. The second-order valence-electron chi connectivity index (χ2n) is 9.28. The Morgan fingerprint density at radius 2 is 1.89 bits per heavy atom. The van der Waals surface area contributed by atoms with Crippen LogP contribution in [0.4, 0.5) is 11.4 Å². The quantitative estimate of drug-likeness (QED) is 0.416. The molecule has 1 N–H and O–H groups in total. The second-order valence-corrected chi connectivity index (χ2v) is 10.2. The van der Waals surface area contributed by atoms with E-state index in [4.69, 9.17) is 5.10 Å². The Hall–Kier alpha value is -3.56. The van der Waals surface area contributed by atoms with Gasteiger partial charge in [0.15, 0.2) is 10.8 Å². The fourth-order valence-corrected chi connectivity index (χ4v) is 6.05. The topological polar surface area (TPSA) is 83.4 Å². The zero-order valence-electron chi connectivity index (χ0n) is 20.1. The molecule has 2 aromatic carbocycles. The van der Waals surface area contributed by atoms with Crippen LogP contribution in [0, 0.1) is 0 Å². The minimum atomic E-state index is -0.284. The van der Waals surface area contributed by atoms with E-state index in [-0.39, 0.29) is 23.8 Å². The summed E-state index contributed by atoms with van der Waals surface area (Å²) in [6, 6.07) is 16.1. The Bertz CT molecular complexity index is 1410. The number of ketones is 1. The molecule has 1 fully saturated rings. The molecular formula is C27H28N6O2S. The fourth-order valence-electron chi connectivity index (χ4n) is 5.49. The molecule has 36 heavy (non-hydrogen) atoms. The van der Waals surface area contributed by atoms with Gasteiger partial charge in [0.25, 0.3) is 0 Å². The first-order valence-corrected chi connectivity index (χ1v) is 13.3. The number of Topliss-reactive ketones (excluding diaryl/α,β-unsaturated/α-hetero) is 1. The number of nitrogens with one attached hydrogen (secondary N) is 1. The number of fused-ring (bicyclic) bond motifs is 2. The number of carbonyl (C=O) groups excluding carboxylic acids is 2. The van der Waals surface area contributed by atoms with Crippen molar-refractivity contribution >= 4 is 45.3 Å². The molecule has 9 heteroatoms. The molecule has 4 heterocycles. The van der Waals surface area contributed by atoms with E-state index in [1.54, 1.807) is 11.6 Å². The number of benzene rings is 2. The normalized spacial score (nSPS) is 17.2. The number of hydrogen-bond donors (Lipinski definition) is 1. The summed E-state index contributed by atoms with van der Waals surface area (Å²) < 4.78 is 1.51. The van der Waals surface area contributed by atoms with E-state index in [1.165, 1.54) is 16.0 Å². The van der Waals surface area contributed by atoms with Crippen molar-refractivity contribution in [2.45, 2.75) is 38.3 Å². The van der Waals surface area contributed by atoms with Crippen molar-refractivity contribution in [3.63, 3.8) is 0 Å². The average Bonchev–Trinajstić information content (AvgIpc) is 3.68. The molecule has 0 amide bonds. The Balaban J connectivity index is 1.25. The highest BCUT2D eigenvalue weighted by Gasteiger charge is 2.37. The molecule has 0 saturated carbocycles. The van der Waals surface area contributed by atoms with Gasteiger partial charge in [-0.3, -0.25) is 14.5 Å². The molecule has 0 radical (unpaired) electrons. The van der Waals surface area contributed by atoms with Crippen LogP contribution in [0.3, 0.4) is 0 Å². The van der Waals surface area contributed by atoms with Gasteiger partial charge in [-0.15, -0.1) is 11.3 Å². The van der Waals surface area contributed by atoms with Gasteiger partial charge in [0.1, 0.15) is 6.17 Å². The van der Waals surface area contributed by atoms with Gasteiger partial charge in [-0.05, 0) is 31.0 Å². The van der Waals surface area contributed by atoms with E-state index in [0.29, 0.717) is 18.1 Å². The van der Waals surface area contributed by atoms with Crippen molar-refractivity contribution in [2.24, 2.45) is 0 Å². The molecule has 0 spiro atoms. The maximum Gasteiger partial charge on any atom is 0.307 e. The van der Waals surface area contributed by atoms with Gasteiger partial charge in [-0.1, -0.05) is 37.3 Å². The highest BCUT2D eigenvalue weighted by molar-refractivity contribution is 7.11. The maximum absolute atomic E-state index is 13.2. The van der Waals surface area contributed by atoms with Crippen molar-refractivity contribution in [3.05, 3.63) is 70.8 Å². The van der Waals surface area contributed by atoms with Gasteiger partial charge in [-0.2, -0.15) is 9.78 Å². The first-order chi connectivity index (χ1) is 17.7. The second kappa shape index (κ2) is 9.48. The molecule has 1 saturated heterocycles. The summed E-state index contributed by atoms with van der Waals surface area (Å²) in [5, 5.41) is 11.5. The largest absolute Gasteiger partial charge is 0.366 e. The highest BCUT2D eigenvalue weighted by atomic mass is 32.1. The number of para-hydroxylation sites is 3. The lowest BCUT2D eigenvalue weighted by Gasteiger charge is -2.41. The molecule has 6 rings (SSSR count). The summed E-state index contributed by atoms with van der Waals surface area (Å²) in [6.07, 6.45) is 3.61. The number of thiazole rings is 1. The number of likely N-dealkylation sites (tertiary alicyclic amines) is 1.